The lowest BCUT2D eigenvalue weighted by molar-refractivity contribution is 0.102. The summed E-state index contributed by atoms with van der Waals surface area (Å²) in [6.45, 7) is 0. The largest absolute Gasteiger partial charge is 0.495 e. The van der Waals surface area contributed by atoms with Crippen LogP contribution in [-0.4, -0.2) is 24.0 Å². The SMILES string of the molecule is COc1ccccc1NC(=O)c1csc(NC(=O)Nc2cccc(Cl)c2)n1. The number of urea groups is 1. The second-order valence-corrected chi connectivity index (χ2v) is 6.58. The van der Waals surface area contributed by atoms with E-state index in [1.54, 1.807) is 53.9 Å². The van der Waals surface area contributed by atoms with E-state index in [0.717, 1.165) is 11.3 Å². The lowest BCUT2D eigenvalue weighted by Crippen LogP contribution is -2.19. The molecule has 0 saturated heterocycles. The number of methoxy groups -OCH3 is 1. The van der Waals surface area contributed by atoms with Gasteiger partial charge in [0.1, 0.15) is 11.4 Å². The number of thiazole rings is 1. The Labute approximate surface area is 164 Å². The van der Waals surface area contributed by atoms with Crippen LogP contribution in [0.5, 0.6) is 5.75 Å². The van der Waals surface area contributed by atoms with Crippen LogP contribution in [0.1, 0.15) is 10.5 Å². The molecule has 0 saturated carbocycles. The molecule has 0 fully saturated rings. The molecule has 0 spiro atoms. The summed E-state index contributed by atoms with van der Waals surface area (Å²) in [6, 6.07) is 13.3. The van der Waals surface area contributed by atoms with Crippen molar-refractivity contribution in [1.82, 2.24) is 4.98 Å². The van der Waals surface area contributed by atoms with Crippen molar-refractivity contribution in [3.05, 3.63) is 64.6 Å². The minimum absolute atomic E-state index is 0.184. The van der Waals surface area contributed by atoms with Gasteiger partial charge in [-0.3, -0.25) is 10.1 Å². The minimum atomic E-state index is -0.483. The van der Waals surface area contributed by atoms with Crippen molar-refractivity contribution >= 4 is 51.4 Å². The number of anilines is 3. The average molecular weight is 403 g/mol. The van der Waals surface area contributed by atoms with Gasteiger partial charge in [-0.25, -0.2) is 9.78 Å². The van der Waals surface area contributed by atoms with Gasteiger partial charge in [-0.1, -0.05) is 29.8 Å². The number of amides is 3. The highest BCUT2D eigenvalue weighted by Crippen LogP contribution is 2.24. The number of para-hydroxylation sites is 2. The Morgan fingerprint density at radius 2 is 1.89 bits per heavy atom. The van der Waals surface area contributed by atoms with Gasteiger partial charge in [0.05, 0.1) is 12.8 Å². The van der Waals surface area contributed by atoms with Crippen LogP contribution < -0.4 is 20.7 Å². The molecule has 0 radical (unpaired) electrons. The predicted octanol–water partition coefficient (Wildman–Crippen LogP) is 4.70. The van der Waals surface area contributed by atoms with Crippen LogP contribution in [-0.2, 0) is 0 Å². The Morgan fingerprint density at radius 3 is 2.67 bits per heavy atom. The Hall–Kier alpha value is -3.10. The minimum Gasteiger partial charge on any atom is -0.495 e. The van der Waals surface area contributed by atoms with Crippen molar-refractivity contribution in [2.75, 3.05) is 23.1 Å². The van der Waals surface area contributed by atoms with Gasteiger partial charge in [0.15, 0.2) is 5.13 Å². The van der Waals surface area contributed by atoms with Gasteiger partial charge >= 0.3 is 6.03 Å². The normalized spacial score (nSPS) is 10.1. The van der Waals surface area contributed by atoms with Crippen molar-refractivity contribution in [3.8, 4) is 5.75 Å². The number of ether oxygens (including phenoxy) is 1. The van der Waals surface area contributed by atoms with E-state index in [-0.39, 0.29) is 5.69 Å². The molecule has 0 aliphatic heterocycles. The Bertz CT molecular complexity index is 977. The van der Waals surface area contributed by atoms with E-state index in [2.05, 4.69) is 20.9 Å². The maximum atomic E-state index is 12.3. The number of rotatable bonds is 5. The molecular weight excluding hydrogens is 388 g/mol. The molecule has 1 aromatic heterocycles. The summed E-state index contributed by atoms with van der Waals surface area (Å²) < 4.78 is 5.20. The summed E-state index contributed by atoms with van der Waals surface area (Å²) in [5.74, 6) is 0.138. The molecule has 27 heavy (non-hydrogen) atoms. The molecule has 9 heteroatoms. The third-order valence-electron chi connectivity index (χ3n) is 3.39. The maximum absolute atomic E-state index is 12.3. The van der Waals surface area contributed by atoms with Crippen molar-refractivity contribution in [2.45, 2.75) is 0 Å². The molecule has 0 atom stereocenters. The van der Waals surface area contributed by atoms with Crippen LogP contribution in [0.3, 0.4) is 0 Å². The van der Waals surface area contributed by atoms with Crippen molar-refractivity contribution in [3.63, 3.8) is 0 Å². The number of benzene rings is 2. The third kappa shape index (κ3) is 4.96. The van der Waals surface area contributed by atoms with E-state index in [4.69, 9.17) is 16.3 Å². The molecular formula is C18H15ClN4O3S. The van der Waals surface area contributed by atoms with Crippen LogP contribution >= 0.6 is 22.9 Å². The number of carbonyl (C=O) groups excluding carboxylic acids is 2. The fourth-order valence-corrected chi connectivity index (χ4v) is 3.07. The highest BCUT2D eigenvalue weighted by atomic mass is 35.5. The van der Waals surface area contributed by atoms with Crippen LogP contribution in [0, 0.1) is 0 Å². The first-order valence-electron chi connectivity index (χ1n) is 7.78. The van der Waals surface area contributed by atoms with Gasteiger partial charge in [-0.2, -0.15) is 0 Å². The van der Waals surface area contributed by atoms with E-state index < -0.39 is 11.9 Å². The lowest BCUT2D eigenvalue weighted by atomic mass is 10.3. The molecule has 1 heterocycles. The summed E-state index contributed by atoms with van der Waals surface area (Å²) in [7, 11) is 1.52. The van der Waals surface area contributed by atoms with E-state index in [1.807, 2.05) is 0 Å². The Balaban J connectivity index is 1.62. The van der Waals surface area contributed by atoms with Crippen molar-refractivity contribution in [1.29, 1.82) is 0 Å². The van der Waals surface area contributed by atoms with Gasteiger partial charge < -0.3 is 15.4 Å². The van der Waals surface area contributed by atoms with Gasteiger partial charge in [0.2, 0.25) is 0 Å². The van der Waals surface area contributed by atoms with Crippen LogP contribution in [0.15, 0.2) is 53.9 Å². The summed E-state index contributed by atoms with van der Waals surface area (Å²) in [6.07, 6.45) is 0. The number of carbonyl (C=O) groups is 2. The molecule has 138 valence electrons. The quantitative estimate of drug-likeness (QED) is 0.576. The van der Waals surface area contributed by atoms with Crippen molar-refractivity contribution < 1.29 is 14.3 Å². The molecule has 2 aromatic carbocycles. The lowest BCUT2D eigenvalue weighted by Gasteiger charge is -2.08. The highest BCUT2D eigenvalue weighted by Gasteiger charge is 2.14. The third-order valence-corrected chi connectivity index (χ3v) is 4.39. The van der Waals surface area contributed by atoms with Gasteiger partial charge in [0.25, 0.3) is 5.91 Å². The highest BCUT2D eigenvalue weighted by molar-refractivity contribution is 7.14. The summed E-state index contributed by atoms with van der Waals surface area (Å²) in [5, 5.41) is 10.3. The van der Waals surface area contributed by atoms with E-state index in [1.165, 1.54) is 7.11 Å². The van der Waals surface area contributed by atoms with E-state index in [0.29, 0.717) is 27.3 Å². The number of nitrogens with one attached hydrogen (secondary N) is 3. The predicted molar refractivity (Wildman–Crippen MR) is 107 cm³/mol. The number of hydrogen-bond donors (Lipinski definition) is 3. The second-order valence-electron chi connectivity index (χ2n) is 5.28. The summed E-state index contributed by atoms with van der Waals surface area (Å²) in [4.78, 5) is 28.5. The molecule has 0 unspecified atom stereocenters. The molecule has 3 N–H and O–H groups in total. The maximum Gasteiger partial charge on any atom is 0.325 e. The van der Waals surface area contributed by atoms with Crippen molar-refractivity contribution in [2.24, 2.45) is 0 Å². The first-order chi connectivity index (χ1) is 13.0. The molecule has 0 aliphatic carbocycles. The fourth-order valence-electron chi connectivity index (χ4n) is 2.20. The fraction of sp³-hybridized carbons (Fsp3) is 0.0556. The van der Waals surface area contributed by atoms with Gasteiger partial charge in [0, 0.05) is 16.1 Å². The monoisotopic (exact) mass is 402 g/mol. The zero-order valence-corrected chi connectivity index (χ0v) is 15.7. The number of aromatic nitrogens is 1. The van der Waals surface area contributed by atoms with Gasteiger partial charge in [-0.05, 0) is 30.3 Å². The zero-order valence-electron chi connectivity index (χ0n) is 14.2. The smallest absolute Gasteiger partial charge is 0.325 e. The Kier molecular flexibility index (Phi) is 5.90. The number of nitrogens with zero attached hydrogens (tertiary/aromatic N) is 1. The molecule has 3 amide bonds. The molecule has 7 nitrogen and oxygen atoms in total. The number of halogens is 1. The van der Waals surface area contributed by atoms with Gasteiger partial charge in [-0.15, -0.1) is 11.3 Å². The van der Waals surface area contributed by atoms with E-state index in [9.17, 15) is 9.59 Å². The van der Waals surface area contributed by atoms with Crippen LogP contribution in [0.25, 0.3) is 0 Å². The topological polar surface area (TPSA) is 92.4 Å². The second kappa shape index (κ2) is 8.52. The molecule has 3 aromatic rings. The Morgan fingerprint density at radius 1 is 1.07 bits per heavy atom. The van der Waals surface area contributed by atoms with E-state index >= 15 is 0 Å². The molecule has 0 aliphatic rings. The number of hydrogen-bond acceptors (Lipinski definition) is 5. The first-order valence-corrected chi connectivity index (χ1v) is 9.04. The first kappa shape index (κ1) is 18.7. The summed E-state index contributed by atoms with van der Waals surface area (Å²) in [5.41, 5.74) is 1.26. The van der Waals surface area contributed by atoms with Crippen LogP contribution in [0.2, 0.25) is 5.02 Å². The molecule has 0 bridgehead atoms. The summed E-state index contributed by atoms with van der Waals surface area (Å²) >= 11 is 7.02. The van der Waals surface area contributed by atoms with Crippen LogP contribution in [0.4, 0.5) is 21.3 Å². The zero-order chi connectivity index (χ0) is 19.2. The molecule has 3 rings (SSSR count). The average Bonchev–Trinajstić information content (AvgIpc) is 3.10. The standard InChI is InChI=1S/C18H15ClN4O3S/c1-26-15-8-3-2-7-13(15)21-16(24)14-10-27-18(22-14)23-17(25)20-12-6-4-5-11(19)9-12/h2-10H,1H3,(H,21,24)(H2,20,22,23,25).